The molecule has 1 fully saturated rings. The van der Waals surface area contributed by atoms with Crippen molar-refractivity contribution in [2.24, 2.45) is 11.7 Å². The Morgan fingerprint density at radius 3 is 2.42 bits per heavy atom. The molecular formula is C18H27N. The van der Waals surface area contributed by atoms with Crippen LogP contribution in [0.3, 0.4) is 0 Å². The normalized spacial score (nSPS) is 26.5. The summed E-state index contributed by atoms with van der Waals surface area (Å²) in [7, 11) is 0. The second kappa shape index (κ2) is 6.09. The maximum atomic E-state index is 6.71. The number of nitrogens with two attached hydrogens (primary N) is 1. The minimum absolute atomic E-state index is 0.388. The Labute approximate surface area is 117 Å². The van der Waals surface area contributed by atoms with Crippen molar-refractivity contribution in [2.45, 2.75) is 69.7 Å². The number of hydrogen-bond donors (Lipinski definition) is 1. The SMILES string of the molecule is NC(C1CCCCCC1)C1CCCc2ccccc21. The van der Waals surface area contributed by atoms with E-state index in [0.29, 0.717) is 12.0 Å². The largest absolute Gasteiger partial charge is 0.327 e. The van der Waals surface area contributed by atoms with Crippen LogP contribution in [0, 0.1) is 5.92 Å². The lowest BCUT2D eigenvalue weighted by Crippen LogP contribution is -2.37. The molecule has 0 amide bonds. The summed E-state index contributed by atoms with van der Waals surface area (Å²) in [5.74, 6) is 1.38. The first-order chi connectivity index (χ1) is 9.36. The number of rotatable bonds is 2. The molecule has 2 aliphatic carbocycles. The van der Waals surface area contributed by atoms with E-state index >= 15 is 0 Å². The van der Waals surface area contributed by atoms with Crippen LogP contribution in [0.5, 0.6) is 0 Å². The molecule has 0 heterocycles. The van der Waals surface area contributed by atoms with Crippen molar-refractivity contribution < 1.29 is 0 Å². The molecule has 0 spiro atoms. The molecule has 2 N–H and O–H groups in total. The maximum Gasteiger partial charge on any atom is 0.0136 e. The average molecular weight is 257 g/mol. The summed E-state index contributed by atoms with van der Waals surface area (Å²) in [6.45, 7) is 0. The average Bonchev–Trinajstić information content (AvgIpc) is 2.75. The van der Waals surface area contributed by atoms with E-state index in [1.807, 2.05) is 0 Å². The first kappa shape index (κ1) is 13.2. The predicted octanol–water partition coefficient (Wildman–Crippen LogP) is 4.40. The van der Waals surface area contributed by atoms with Crippen LogP contribution < -0.4 is 5.73 Å². The predicted molar refractivity (Wildman–Crippen MR) is 81.3 cm³/mol. The minimum Gasteiger partial charge on any atom is -0.327 e. The molecule has 3 rings (SSSR count). The van der Waals surface area contributed by atoms with Crippen LogP contribution in [-0.2, 0) is 6.42 Å². The lowest BCUT2D eigenvalue weighted by atomic mass is 9.74. The van der Waals surface area contributed by atoms with Crippen molar-refractivity contribution in [1.29, 1.82) is 0 Å². The highest BCUT2D eigenvalue weighted by Gasteiger charge is 2.30. The first-order valence-corrected chi connectivity index (χ1v) is 8.19. The zero-order valence-electron chi connectivity index (χ0n) is 12.0. The highest BCUT2D eigenvalue weighted by molar-refractivity contribution is 5.33. The lowest BCUT2D eigenvalue weighted by molar-refractivity contribution is 0.312. The summed E-state index contributed by atoms with van der Waals surface area (Å²) < 4.78 is 0. The van der Waals surface area contributed by atoms with Crippen molar-refractivity contribution in [3.05, 3.63) is 35.4 Å². The summed E-state index contributed by atoms with van der Waals surface area (Å²) in [5.41, 5.74) is 9.83. The third-order valence-corrected chi connectivity index (χ3v) is 5.32. The van der Waals surface area contributed by atoms with Gasteiger partial charge >= 0.3 is 0 Å². The van der Waals surface area contributed by atoms with Gasteiger partial charge < -0.3 is 5.73 Å². The molecule has 1 aromatic rings. The summed E-state index contributed by atoms with van der Waals surface area (Å²) in [6.07, 6.45) is 12.2. The monoisotopic (exact) mass is 257 g/mol. The topological polar surface area (TPSA) is 26.0 Å². The van der Waals surface area contributed by atoms with Crippen LogP contribution >= 0.6 is 0 Å². The lowest BCUT2D eigenvalue weighted by Gasteiger charge is -2.34. The van der Waals surface area contributed by atoms with E-state index in [9.17, 15) is 0 Å². The zero-order valence-corrected chi connectivity index (χ0v) is 12.0. The van der Waals surface area contributed by atoms with Gasteiger partial charge in [-0.15, -0.1) is 0 Å². The summed E-state index contributed by atoms with van der Waals surface area (Å²) in [4.78, 5) is 0. The minimum atomic E-state index is 0.388. The van der Waals surface area contributed by atoms with Crippen LogP contribution in [0.2, 0.25) is 0 Å². The van der Waals surface area contributed by atoms with E-state index in [1.165, 1.54) is 57.8 Å². The van der Waals surface area contributed by atoms with Gasteiger partial charge in [0.1, 0.15) is 0 Å². The molecule has 1 saturated carbocycles. The fourth-order valence-corrected chi connectivity index (χ4v) is 4.22. The van der Waals surface area contributed by atoms with Crippen LogP contribution in [0.15, 0.2) is 24.3 Å². The Kier molecular flexibility index (Phi) is 4.22. The van der Waals surface area contributed by atoms with Gasteiger partial charge in [0, 0.05) is 6.04 Å². The van der Waals surface area contributed by atoms with Gasteiger partial charge in [0.2, 0.25) is 0 Å². The van der Waals surface area contributed by atoms with E-state index in [2.05, 4.69) is 24.3 Å². The fraction of sp³-hybridized carbons (Fsp3) is 0.667. The van der Waals surface area contributed by atoms with Crippen LogP contribution in [0.1, 0.15) is 68.4 Å². The van der Waals surface area contributed by atoms with Gasteiger partial charge in [0.25, 0.3) is 0 Å². The van der Waals surface area contributed by atoms with Gasteiger partial charge in [-0.1, -0.05) is 49.9 Å². The Morgan fingerprint density at radius 1 is 0.895 bits per heavy atom. The summed E-state index contributed by atoms with van der Waals surface area (Å²) in [5, 5.41) is 0. The highest BCUT2D eigenvalue weighted by Crippen LogP contribution is 2.38. The number of benzene rings is 1. The highest BCUT2D eigenvalue weighted by atomic mass is 14.7. The van der Waals surface area contributed by atoms with Gasteiger partial charge in [-0.25, -0.2) is 0 Å². The number of hydrogen-bond acceptors (Lipinski definition) is 1. The quantitative estimate of drug-likeness (QED) is 0.781. The van der Waals surface area contributed by atoms with Crippen molar-refractivity contribution in [2.75, 3.05) is 0 Å². The standard InChI is InChI=1S/C18H27N/c19-18(15-9-3-1-2-4-10-15)17-13-7-11-14-8-5-6-12-16(14)17/h5-6,8,12,15,17-18H,1-4,7,9-11,13,19H2. The molecule has 104 valence electrons. The van der Waals surface area contributed by atoms with Gasteiger partial charge in [-0.05, 0) is 55.1 Å². The molecular weight excluding hydrogens is 230 g/mol. The Bertz CT molecular complexity index is 404. The number of fused-ring (bicyclic) bond motifs is 1. The van der Waals surface area contributed by atoms with Crippen molar-refractivity contribution in [3.63, 3.8) is 0 Å². The molecule has 19 heavy (non-hydrogen) atoms. The molecule has 1 aromatic carbocycles. The smallest absolute Gasteiger partial charge is 0.0136 e. The molecule has 0 bridgehead atoms. The van der Waals surface area contributed by atoms with Gasteiger partial charge in [-0.3, -0.25) is 0 Å². The molecule has 1 nitrogen and oxygen atoms in total. The molecule has 0 aromatic heterocycles. The van der Waals surface area contributed by atoms with Gasteiger partial charge in [0.15, 0.2) is 0 Å². The van der Waals surface area contributed by atoms with Gasteiger partial charge in [0.05, 0.1) is 0 Å². The fourth-order valence-electron chi connectivity index (χ4n) is 4.22. The molecule has 0 radical (unpaired) electrons. The van der Waals surface area contributed by atoms with Crippen molar-refractivity contribution >= 4 is 0 Å². The molecule has 1 heteroatoms. The Balaban J connectivity index is 1.78. The second-order valence-electron chi connectivity index (χ2n) is 6.53. The molecule has 0 aliphatic heterocycles. The molecule has 2 aliphatic rings. The van der Waals surface area contributed by atoms with Crippen LogP contribution in [0.25, 0.3) is 0 Å². The number of aryl methyl sites for hydroxylation is 1. The maximum absolute atomic E-state index is 6.71. The van der Waals surface area contributed by atoms with Crippen LogP contribution in [0.4, 0.5) is 0 Å². The van der Waals surface area contributed by atoms with Crippen molar-refractivity contribution in [3.8, 4) is 0 Å². The Morgan fingerprint density at radius 2 is 1.63 bits per heavy atom. The molecule has 2 unspecified atom stereocenters. The molecule has 0 saturated heterocycles. The van der Waals surface area contributed by atoms with E-state index < -0.39 is 0 Å². The van der Waals surface area contributed by atoms with Gasteiger partial charge in [-0.2, -0.15) is 0 Å². The van der Waals surface area contributed by atoms with E-state index in [-0.39, 0.29) is 0 Å². The van der Waals surface area contributed by atoms with Crippen molar-refractivity contribution in [1.82, 2.24) is 0 Å². The molecule has 2 atom stereocenters. The summed E-state index contributed by atoms with van der Waals surface area (Å²) in [6, 6.07) is 9.39. The first-order valence-electron chi connectivity index (χ1n) is 8.19. The van der Waals surface area contributed by atoms with E-state index in [0.717, 1.165) is 5.92 Å². The van der Waals surface area contributed by atoms with E-state index in [1.54, 1.807) is 11.1 Å². The Hall–Kier alpha value is -0.820. The third-order valence-electron chi connectivity index (χ3n) is 5.32. The van der Waals surface area contributed by atoms with E-state index in [4.69, 9.17) is 5.73 Å². The third kappa shape index (κ3) is 2.86. The van der Waals surface area contributed by atoms with Crippen LogP contribution in [-0.4, -0.2) is 6.04 Å². The zero-order chi connectivity index (χ0) is 13.1. The second-order valence-corrected chi connectivity index (χ2v) is 6.53. The summed E-state index contributed by atoms with van der Waals surface area (Å²) >= 11 is 0.